The summed E-state index contributed by atoms with van der Waals surface area (Å²) < 4.78 is 39.6. The second-order valence-electron chi connectivity index (χ2n) is 7.15. The van der Waals surface area contributed by atoms with E-state index < -0.39 is 27.5 Å². The standard InChI is InChI=1S/C20H20FN5O4S/c21-13-6-5-12(15(22)10-13)11-24-20(28)17-18(27)16-14(4-3-7-23-16)19(25-17)26-8-1-2-9-31(26,29)30/h3-7,10,27H,1-2,8-9,11,22H2,(H,24,28). The van der Waals surface area contributed by atoms with Crippen LogP contribution in [0.3, 0.4) is 0 Å². The van der Waals surface area contributed by atoms with Crippen molar-refractivity contribution in [1.82, 2.24) is 15.3 Å². The van der Waals surface area contributed by atoms with E-state index in [0.717, 1.165) is 10.4 Å². The number of amides is 1. The number of nitrogens with two attached hydrogens (primary N) is 1. The maximum absolute atomic E-state index is 13.2. The van der Waals surface area contributed by atoms with Gasteiger partial charge in [-0.15, -0.1) is 0 Å². The van der Waals surface area contributed by atoms with Crippen molar-refractivity contribution in [2.24, 2.45) is 0 Å². The van der Waals surface area contributed by atoms with Gasteiger partial charge in [-0.1, -0.05) is 6.07 Å². The number of nitrogen functional groups attached to an aromatic ring is 1. The lowest BCUT2D eigenvalue weighted by Gasteiger charge is -2.28. The highest BCUT2D eigenvalue weighted by Crippen LogP contribution is 2.35. The number of hydrogen-bond donors (Lipinski definition) is 3. The Bertz CT molecular complexity index is 1280. The third-order valence-corrected chi connectivity index (χ3v) is 6.89. The Morgan fingerprint density at radius 1 is 1.29 bits per heavy atom. The van der Waals surface area contributed by atoms with Gasteiger partial charge >= 0.3 is 0 Å². The number of hydrogen-bond acceptors (Lipinski definition) is 7. The molecule has 1 amide bonds. The second kappa shape index (κ2) is 7.99. The summed E-state index contributed by atoms with van der Waals surface area (Å²) in [5.41, 5.74) is 6.12. The van der Waals surface area contributed by atoms with Crippen LogP contribution in [-0.4, -0.2) is 41.7 Å². The Hall–Kier alpha value is -3.47. The summed E-state index contributed by atoms with van der Waals surface area (Å²) in [5, 5.41) is 13.5. The summed E-state index contributed by atoms with van der Waals surface area (Å²) in [4.78, 5) is 21.2. The van der Waals surface area contributed by atoms with Crippen LogP contribution < -0.4 is 15.4 Å². The molecule has 31 heavy (non-hydrogen) atoms. The van der Waals surface area contributed by atoms with Gasteiger partial charge in [-0.3, -0.25) is 14.1 Å². The van der Waals surface area contributed by atoms with Crippen molar-refractivity contribution in [2.45, 2.75) is 19.4 Å². The molecule has 9 nitrogen and oxygen atoms in total. The van der Waals surface area contributed by atoms with Crippen LogP contribution in [-0.2, 0) is 16.6 Å². The Labute approximate surface area is 177 Å². The maximum Gasteiger partial charge on any atom is 0.274 e. The molecule has 3 heterocycles. The number of halogens is 1. The summed E-state index contributed by atoms with van der Waals surface area (Å²) in [6.07, 6.45) is 2.62. The van der Waals surface area contributed by atoms with Gasteiger partial charge in [0, 0.05) is 30.4 Å². The van der Waals surface area contributed by atoms with E-state index in [2.05, 4.69) is 15.3 Å². The Morgan fingerprint density at radius 3 is 2.84 bits per heavy atom. The zero-order valence-electron chi connectivity index (χ0n) is 16.4. The number of sulfonamides is 1. The number of pyridine rings is 2. The summed E-state index contributed by atoms with van der Waals surface area (Å²) in [5.74, 6) is -1.68. The lowest BCUT2D eigenvalue weighted by atomic mass is 10.1. The molecule has 2 aromatic heterocycles. The average Bonchev–Trinajstić information content (AvgIpc) is 2.73. The highest BCUT2D eigenvalue weighted by atomic mass is 32.2. The van der Waals surface area contributed by atoms with Gasteiger partial charge in [0.15, 0.2) is 17.3 Å². The first kappa shape index (κ1) is 20.8. The number of aromatic hydroxyl groups is 1. The van der Waals surface area contributed by atoms with Crippen LogP contribution >= 0.6 is 0 Å². The van der Waals surface area contributed by atoms with E-state index in [1.165, 1.54) is 18.3 Å². The molecular formula is C20H20FN5O4S. The Balaban J connectivity index is 1.74. The van der Waals surface area contributed by atoms with Crippen LogP contribution in [0.1, 0.15) is 28.9 Å². The molecule has 11 heteroatoms. The van der Waals surface area contributed by atoms with Gasteiger partial charge in [0.2, 0.25) is 10.0 Å². The number of nitrogens with zero attached hydrogens (tertiary/aromatic N) is 3. The molecule has 0 spiro atoms. The van der Waals surface area contributed by atoms with Crippen molar-refractivity contribution in [3.63, 3.8) is 0 Å². The predicted octanol–water partition coefficient (Wildman–Crippen LogP) is 1.92. The van der Waals surface area contributed by atoms with E-state index in [1.807, 2.05) is 0 Å². The molecule has 0 unspecified atom stereocenters. The third-order valence-electron chi connectivity index (χ3n) is 5.06. The molecule has 0 aliphatic carbocycles. The summed E-state index contributed by atoms with van der Waals surface area (Å²) in [7, 11) is -3.61. The molecule has 0 radical (unpaired) electrons. The minimum atomic E-state index is -3.61. The number of anilines is 2. The molecule has 1 fully saturated rings. The van der Waals surface area contributed by atoms with Gasteiger partial charge in [-0.25, -0.2) is 17.8 Å². The summed E-state index contributed by atoms with van der Waals surface area (Å²) in [6, 6.07) is 6.98. The molecule has 4 N–H and O–H groups in total. The SMILES string of the molecule is Nc1cc(F)ccc1CNC(=O)c1nc(N2CCCCS2(=O)=O)c2cccnc2c1O. The van der Waals surface area contributed by atoms with Crippen molar-refractivity contribution in [1.29, 1.82) is 0 Å². The van der Waals surface area contributed by atoms with E-state index in [-0.39, 0.29) is 41.6 Å². The molecule has 0 atom stereocenters. The molecule has 162 valence electrons. The normalized spacial score (nSPS) is 15.7. The Morgan fingerprint density at radius 2 is 2.10 bits per heavy atom. The fourth-order valence-corrected chi connectivity index (χ4v) is 5.07. The van der Waals surface area contributed by atoms with E-state index in [0.29, 0.717) is 23.8 Å². The van der Waals surface area contributed by atoms with Crippen molar-refractivity contribution < 1.29 is 22.7 Å². The average molecular weight is 445 g/mol. The highest BCUT2D eigenvalue weighted by Gasteiger charge is 2.31. The van der Waals surface area contributed by atoms with Gasteiger partial charge in [0.25, 0.3) is 5.91 Å². The number of nitrogens with one attached hydrogen (secondary N) is 1. The van der Waals surface area contributed by atoms with E-state index >= 15 is 0 Å². The topological polar surface area (TPSA) is 139 Å². The smallest absolute Gasteiger partial charge is 0.274 e. The quantitative estimate of drug-likeness (QED) is 0.522. The van der Waals surface area contributed by atoms with Crippen LogP contribution in [0.4, 0.5) is 15.9 Å². The van der Waals surface area contributed by atoms with Gasteiger partial charge in [-0.05, 0) is 42.7 Å². The van der Waals surface area contributed by atoms with Gasteiger partial charge in [-0.2, -0.15) is 0 Å². The van der Waals surface area contributed by atoms with Crippen LogP contribution in [0.2, 0.25) is 0 Å². The number of carbonyl (C=O) groups excluding carboxylic acids is 1. The highest BCUT2D eigenvalue weighted by molar-refractivity contribution is 7.92. The van der Waals surface area contributed by atoms with Crippen LogP contribution in [0.5, 0.6) is 5.75 Å². The maximum atomic E-state index is 13.2. The molecule has 1 saturated heterocycles. The van der Waals surface area contributed by atoms with Crippen LogP contribution in [0, 0.1) is 5.82 Å². The molecule has 1 aliphatic heterocycles. The number of rotatable bonds is 4. The monoisotopic (exact) mass is 445 g/mol. The first-order chi connectivity index (χ1) is 14.8. The Kier molecular flexibility index (Phi) is 5.36. The van der Waals surface area contributed by atoms with Gasteiger partial charge < -0.3 is 16.2 Å². The first-order valence-corrected chi connectivity index (χ1v) is 11.2. The van der Waals surface area contributed by atoms with Gasteiger partial charge in [0.1, 0.15) is 11.3 Å². The molecule has 0 bridgehead atoms. The van der Waals surface area contributed by atoms with Crippen LogP contribution in [0.15, 0.2) is 36.5 Å². The van der Waals surface area contributed by atoms with Crippen LogP contribution in [0.25, 0.3) is 10.9 Å². The minimum Gasteiger partial charge on any atom is -0.504 e. The lowest BCUT2D eigenvalue weighted by molar-refractivity contribution is 0.0943. The van der Waals surface area contributed by atoms with Crippen molar-refractivity contribution >= 4 is 38.3 Å². The minimum absolute atomic E-state index is 0.0251. The largest absolute Gasteiger partial charge is 0.504 e. The van der Waals surface area contributed by atoms with E-state index in [9.17, 15) is 22.7 Å². The molecule has 0 saturated carbocycles. The van der Waals surface area contributed by atoms with E-state index in [1.54, 1.807) is 12.1 Å². The van der Waals surface area contributed by atoms with Crippen molar-refractivity contribution in [3.8, 4) is 5.75 Å². The predicted molar refractivity (Wildman–Crippen MR) is 114 cm³/mol. The van der Waals surface area contributed by atoms with Gasteiger partial charge in [0.05, 0.1) is 5.75 Å². The zero-order chi connectivity index (χ0) is 22.2. The molecule has 4 rings (SSSR count). The number of benzene rings is 1. The van der Waals surface area contributed by atoms with Crippen molar-refractivity contribution in [3.05, 3.63) is 53.6 Å². The molecular weight excluding hydrogens is 425 g/mol. The lowest BCUT2D eigenvalue weighted by Crippen LogP contribution is -2.39. The zero-order valence-corrected chi connectivity index (χ0v) is 17.2. The number of aromatic nitrogens is 2. The number of carbonyl (C=O) groups is 1. The van der Waals surface area contributed by atoms with E-state index in [4.69, 9.17) is 5.73 Å². The molecule has 1 aromatic carbocycles. The molecule has 3 aromatic rings. The summed E-state index contributed by atoms with van der Waals surface area (Å²) in [6.45, 7) is 0.181. The fourth-order valence-electron chi connectivity index (χ4n) is 3.47. The van der Waals surface area contributed by atoms with Crippen molar-refractivity contribution in [2.75, 3.05) is 22.3 Å². The first-order valence-electron chi connectivity index (χ1n) is 9.58. The number of fused-ring (bicyclic) bond motifs is 1. The fraction of sp³-hybridized carbons (Fsp3) is 0.250. The second-order valence-corrected chi connectivity index (χ2v) is 9.17. The third kappa shape index (κ3) is 3.96. The molecule has 1 aliphatic rings. The summed E-state index contributed by atoms with van der Waals surface area (Å²) >= 11 is 0.